The first-order valence-electron chi connectivity index (χ1n) is 28.4. The van der Waals surface area contributed by atoms with Crippen molar-refractivity contribution >= 4 is 11.9 Å². The van der Waals surface area contributed by atoms with Crippen molar-refractivity contribution in [2.45, 2.75) is 334 Å². The second-order valence-corrected chi connectivity index (χ2v) is 19.7. The molecule has 6 nitrogen and oxygen atoms in total. The Morgan fingerprint density at radius 1 is 0.444 bits per heavy atom. The van der Waals surface area contributed by atoms with E-state index in [1.54, 1.807) is 0 Å². The van der Waals surface area contributed by atoms with E-state index in [0.717, 1.165) is 57.8 Å². The summed E-state index contributed by atoms with van der Waals surface area (Å²) in [6.45, 7) is 6.51. The molecule has 6 heteroatoms. The molecule has 0 aliphatic rings. The lowest BCUT2D eigenvalue weighted by molar-refractivity contribution is -0.151. The third-order valence-corrected chi connectivity index (χ3v) is 13.3. The lowest BCUT2D eigenvalue weighted by Crippen LogP contribution is -2.46. The second-order valence-electron chi connectivity index (χ2n) is 19.7. The highest BCUT2D eigenvalue weighted by atomic mass is 16.5. The maximum Gasteiger partial charge on any atom is 0.306 e. The monoisotopic (exact) mass is 890 g/mol. The van der Waals surface area contributed by atoms with E-state index in [9.17, 15) is 19.8 Å². The zero-order chi connectivity index (χ0) is 45.9. The number of hydrogen-bond donors (Lipinski definition) is 3. The molecule has 0 fully saturated rings. The normalized spacial score (nSPS) is 13.2. The number of aliphatic hydroxyl groups excluding tert-OH is 2. The number of aliphatic hydroxyl groups is 2. The minimum atomic E-state index is -0.786. The molecule has 0 aromatic rings. The van der Waals surface area contributed by atoms with Gasteiger partial charge in [-0.3, -0.25) is 9.59 Å². The van der Waals surface area contributed by atoms with Gasteiger partial charge in [0.05, 0.1) is 25.2 Å². The summed E-state index contributed by atoms with van der Waals surface area (Å²) in [4.78, 5) is 26.2. The van der Waals surface area contributed by atoms with E-state index in [-0.39, 0.29) is 24.9 Å². The summed E-state index contributed by atoms with van der Waals surface area (Å²) in [5.74, 6) is -0.467. The van der Waals surface area contributed by atoms with E-state index >= 15 is 0 Å². The van der Waals surface area contributed by atoms with Crippen LogP contribution in [0, 0.1) is 0 Å². The average molecular weight is 891 g/mol. The Hall–Kier alpha value is -1.40. The summed E-state index contributed by atoms with van der Waals surface area (Å²) < 4.78 is 5.96. The Morgan fingerprint density at radius 2 is 0.762 bits per heavy atom. The van der Waals surface area contributed by atoms with E-state index in [4.69, 9.17) is 4.74 Å². The molecule has 3 unspecified atom stereocenters. The predicted octanol–water partition coefficient (Wildman–Crippen LogP) is 17.3. The highest BCUT2D eigenvalue weighted by Gasteiger charge is 2.24. The van der Waals surface area contributed by atoms with Gasteiger partial charge in [0, 0.05) is 6.42 Å². The van der Waals surface area contributed by atoms with E-state index in [0.29, 0.717) is 19.3 Å². The van der Waals surface area contributed by atoms with Gasteiger partial charge in [-0.2, -0.15) is 0 Å². The molecule has 63 heavy (non-hydrogen) atoms. The molecular formula is C57H111NO5. The summed E-state index contributed by atoms with van der Waals surface area (Å²) >= 11 is 0. The largest absolute Gasteiger partial charge is 0.462 e. The van der Waals surface area contributed by atoms with Crippen molar-refractivity contribution in [1.82, 2.24) is 5.32 Å². The van der Waals surface area contributed by atoms with E-state index in [1.807, 2.05) is 0 Å². The maximum absolute atomic E-state index is 13.2. The number of carbonyl (C=O) groups excluding carboxylic acids is 2. The lowest BCUT2D eigenvalue weighted by atomic mass is 10.0. The lowest BCUT2D eigenvalue weighted by Gasteiger charge is -2.24. The standard InChI is InChI=1S/C57H111NO5/c1-4-7-10-13-16-19-22-24-26-28-30-32-35-38-41-44-47-50-57(62)63-53(48-45-42-39-36-34-31-29-27-25-23-20-17-14-11-8-5-2)51-56(61)58-54(52-59)55(60)49-46-43-40-37-33-21-18-15-12-9-6-3/h31,34,53-55,59-60H,4-30,32-33,35-52H2,1-3H3,(H,58,61)/b34-31+. The highest BCUT2D eigenvalue weighted by Crippen LogP contribution is 2.19. The number of hydrogen-bond acceptors (Lipinski definition) is 5. The Morgan fingerprint density at radius 3 is 1.14 bits per heavy atom. The third-order valence-electron chi connectivity index (χ3n) is 13.3. The first-order chi connectivity index (χ1) is 31.0. The number of carbonyl (C=O) groups is 2. The van der Waals surface area contributed by atoms with Crippen LogP contribution in [0.3, 0.4) is 0 Å². The van der Waals surface area contributed by atoms with Gasteiger partial charge in [-0.25, -0.2) is 0 Å². The number of nitrogens with one attached hydrogen (secondary N) is 1. The molecule has 0 saturated carbocycles. The molecule has 0 aliphatic carbocycles. The summed E-state index contributed by atoms with van der Waals surface area (Å²) in [6.07, 6.45) is 58.5. The molecule has 0 aliphatic heterocycles. The molecule has 0 spiro atoms. The van der Waals surface area contributed by atoms with Crippen molar-refractivity contribution in [3.05, 3.63) is 12.2 Å². The van der Waals surface area contributed by atoms with Crippen LogP contribution in [0.2, 0.25) is 0 Å². The first kappa shape index (κ1) is 61.6. The molecule has 0 rings (SSSR count). The van der Waals surface area contributed by atoms with Crippen molar-refractivity contribution in [2.24, 2.45) is 0 Å². The van der Waals surface area contributed by atoms with Gasteiger partial charge < -0.3 is 20.3 Å². The predicted molar refractivity (Wildman–Crippen MR) is 273 cm³/mol. The van der Waals surface area contributed by atoms with Crippen LogP contribution in [-0.2, 0) is 14.3 Å². The molecule has 1 amide bonds. The van der Waals surface area contributed by atoms with E-state index < -0.39 is 18.2 Å². The van der Waals surface area contributed by atoms with Crippen LogP contribution < -0.4 is 5.32 Å². The SMILES string of the molecule is CCCCCCCCCCC/C=C/CCCCCC(CC(=O)NC(CO)C(O)CCCCCCCCCCCCC)OC(=O)CCCCCCCCCCCCCCCCCCC. The first-order valence-corrected chi connectivity index (χ1v) is 28.4. The van der Waals surface area contributed by atoms with Crippen LogP contribution >= 0.6 is 0 Å². The Balaban J connectivity index is 4.53. The Kier molecular flexibility index (Phi) is 50.4. The van der Waals surface area contributed by atoms with Gasteiger partial charge in [0.25, 0.3) is 0 Å². The Labute approximate surface area is 393 Å². The maximum atomic E-state index is 13.2. The summed E-state index contributed by atoms with van der Waals surface area (Å²) in [5, 5.41) is 23.8. The van der Waals surface area contributed by atoms with Gasteiger partial charge in [-0.15, -0.1) is 0 Å². The van der Waals surface area contributed by atoms with E-state index in [1.165, 1.54) is 212 Å². The fourth-order valence-electron chi connectivity index (χ4n) is 9.02. The van der Waals surface area contributed by atoms with Gasteiger partial charge in [0.15, 0.2) is 0 Å². The van der Waals surface area contributed by atoms with Crippen molar-refractivity contribution < 1.29 is 24.5 Å². The molecule has 0 radical (unpaired) electrons. The van der Waals surface area contributed by atoms with Crippen LogP contribution in [-0.4, -0.2) is 46.9 Å². The topological polar surface area (TPSA) is 95.9 Å². The van der Waals surface area contributed by atoms with Crippen LogP contribution in [0.15, 0.2) is 12.2 Å². The zero-order valence-electron chi connectivity index (χ0n) is 42.7. The molecule has 3 N–H and O–H groups in total. The van der Waals surface area contributed by atoms with Crippen molar-refractivity contribution in [3.63, 3.8) is 0 Å². The molecule has 3 atom stereocenters. The summed E-state index contributed by atoms with van der Waals surface area (Å²) in [7, 11) is 0. The molecule has 0 bridgehead atoms. The molecule has 0 aromatic carbocycles. The number of amides is 1. The van der Waals surface area contributed by atoms with Gasteiger partial charge in [-0.1, -0.05) is 264 Å². The quantitative estimate of drug-likeness (QED) is 0.0321. The Bertz CT molecular complexity index is 955. The molecule has 0 aromatic heterocycles. The number of unbranched alkanes of at least 4 members (excludes halogenated alkanes) is 38. The highest BCUT2D eigenvalue weighted by molar-refractivity contribution is 5.77. The van der Waals surface area contributed by atoms with Gasteiger partial charge in [0.2, 0.25) is 5.91 Å². The fourth-order valence-corrected chi connectivity index (χ4v) is 9.02. The molecular weight excluding hydrogens is 779 g/mol. The molecule has 374 valence electrons. The van der Waals surface area contributed by atoms with E-state index in [2.05, 4.69) is 38.2 Å². The van der Waals surface area contributed by atoms with Crippen molar-refractivity contribution in [2.75, 3.05) is 6.61 Å². The molecule has 0 heterocycles. The fraction of sp³-hybridized carbons (Fsp3) is 0.930. The third kappa shape index (κ3) is 46.9. The van der Waals surface area contributed by atoms with Crippen molar-refractivity contribution in [1.29, 1.82) is 0 Å². The second kappa shape index (κ2) is 51.6. The van der Waals surface area contributed by atoms with Crippen LogP contribution in [0.25, 0.3) is 0 Å². The average Bonchev–Trinajstić information content (AvgIpc) is 3.28. The number of rotatable bonds is 52. The van der Waals surface area contributed by atoms with Crippen LogP contribution in [0.4, 0.5) is 0 Å². The zero-order valence-corrected chi connectivity index (χ0v) is 42.7. The minimum Gasteiger partial charge on any atom is -0.462 e. The van der Waals surface area contributed by atoms with Gasteiger partial charge in [-0.05, 0) is 51.4 Å². The summed E-state index contributed by atoms with van der Waals surface area (Å²) in [6, 6.07) is -0.700. The van der Waals surface area contributed by atoms with Crippen LogP contribution in [0.1, 0.15) is 316 Å². The summed E-state index contributed by atoms with van der Waals surface area (Å²) in [5.41, 5.74) is 0. The van der Waals surface area contributed by atoms with Gasteiger partial charge in [0.1, 0.15) is 6.10 Å². The number of allylic oxidation sites excluding steroid dienone is 2. The molecule has 0 saturated heterocycles. The van der Waals surface area contributed by atoms with Crippen LogP contribution in [0.5, 0.6) is 0 Å². The number of esters is 1. The van der Waals surface area contributed by atoms with Gasteiger partial charge >= 0.3 is 5.97 Å². The smallest absolute Gasteiger partial charge is 0.306 e. The minimum absolute atomic E-state index is 0.0745. The number of ether oxygens (including phenoxy) is 1. The van der Waals surface area contributed by atoms with Crippen molar-refractivity contribution in [3.8, 4) is 0 Å².